The van der Waals surface area contributed by atoms with E-state index < -0.39 is 11.7 Å². The van der Waals surface area contributed by atoms with Crippen molar-refractivity contribution in [3.63, 3.8) is 0 Å². The van der Waals surface area contributed by atoms with Gasteiger partial charge in [0.25, 0.3) is 11.8 Å². The molecule has 1 unspecified atom stereocenters. The number of piperazine rings is 1. The van der Waals surface area contributed by atoms with Crippen molar-refractivity contribution in [1.29, 1.82) is 0 Å². The first kappa shape index (κ1) is 22.5. The van der Waals surface area contributed by atoms with Crippen LogP contribution in [0.3, 0.4) is 0 Å². The van der Waals surface area contributed by atoms with Crippen molar-refractivity contribution in [3.05, 3.63) is 81.4 Å². The van der Waals surface area contributed by atoms with Gasteiger partial charge in [-0.05, 0) is 30.7 Å². The molecule has 8 nitrogen and oxygen atoms in total. The first-order valence-electron chi connectivity index (χ1n) is 11.0. The number of rotatable bonds is 3. The average Bonchev–Trinajstić information content (AvgIpc) is 3.28. The minimum absolute atomic E-state index is 0.0695. The third kappa shape index (κ3) is 4.28. The van der Waals surface area contributed by atoms with Gasteiger partial charge in [-0.3, -0.25) is 9.59 Å². The summed E-state index contributed by atoms with van der Waals surface area (Å²) >= 11 is 5.91. The van der Waals surface area contributed by atoms with E-state index in [1.165, 1.54) is 28.7 Å². The van der Waals surface area contributed by atoms with Crippen molar-refractivity contribution < 1.29 is 18.7 Å². The summed E-state index contributed by atoms with van der Waals surface area (Å²) in [5.41, 5.74) is 3.07. The lowest BCUT2D eigenvalue weighted by atomic mass is 10.1. The summed E-state index contributed by atoms with van der Waals surface area (Å²) in [7, 11) is 0. The van der Waals surface area contributed by atoms with Crippen LogP contribution in [0, 0.1) is 12.7 Å². The zero-order valence-corrected chi connectivity index (χ0v) is 19.3. The van der Waals surface area contributed by atoms with Crippen LogP contribution < -0.4 is 0 Å². The third-order valence-corrected chi connectivity index (χ3v) is 6.50. The van der Waals surface area contributed by atoms with Crippen LogP contribution in [0.25, 0.3) is 0 Å². The molecular formula is C24H23ClFN5O3. The molecule has 2 aliphatic heterocycles. The van der Waals surface area contributed by atoms with Gasteiger partial charge in [0.05, 0.1) is 24.4 Å². The Bertz CT molecular complexity index is 1240. The topological polar surface area (TPSA) is 80.6 Å². The summed E-state index contributed by atoms with van der Waals surface area (Å²) < 4.78 is 21.8. The van der Waals surface area contributed by atoms with E-state index >= 15 is 0 Å². The van der Waals surface area contributed by atoms with Crippen LogP contribution in [0.15, 0.2) is 42.5 Å². The largest absolute Gasteiger partial charge is 0.365 e. The van der Waals surface area contributed by atoms with E-state index in [0.717, 1.165) is 5.56 Å². The second kappa shape index (κ2) is 9.15. The van der Waals surface area contributed by atoms with Crippen LogP contribution in [0.5, 0.6) is 0 Å². The van der Waals surface area contributed by atoms with Crippen molar-refractivity contribution in [1.82, 2.24) is 24.8 Å². The number of hydrogen-bond acceptors (Lipinski definition) is 5. The third-order valence-electron chi connectivity index (χ3n) is 6.26. The highest BCUT2D eigenvalue weighted by Crippen LogP contribution is 2.28. The molecule has 0 spiro atoms. The Morgan fingerprint density at radius 2 is 1.71 bits per heavy atom. The Balaban J connectivity index is 1.23. The van der Waals surface area contributed by atoms with Crippen LogP contribution in [-0.4, -0.2) is 62.8 Å². The highest BCUT2D eigenvalue weighted by atomic mass is 35.5. The minimum atomic E-state index is -0.618. The maximum Gasteiger partial charge on any atom is 0.276 e. The van der Waals surface area contributed by atoms with Gasteiger partial charge in [-0.25, -0.2) is 9.07 Å². The predicted molar refractivity (Wildman–Crippen MR) is 122 cm³/mol. The average molecular weight is 484 g/mol. The molecule has 0 aliphatic carbocycles. The fraction of sp³-hybridized carbons (Fsp3) is 0.333. The Labute approximate surface area is 200 Å². The molecule has 0 saturated carbocycles. The number of ether oxygens (including phenoxy) is 1. The first-order chi connectivity index (χ1) is 16.4. The Morgan fingerprint density at radius 1 is 1.03 bits per heavy atom. The Morgan fingerprint density at radius 3 is 2.41 bits per heavy atom. The maximum absolute atomic E-state index is 14.1. The number of halogens is 2. The van der Waals surface area contributed by atoms with E-state index in [2.05, 4.69) is 10.3 Å². The van der Waals surface area contributed by atoms with E-state index in [9.17, 15) is 14.0 Å². The second-order valence-corrected chi connectivity index (χ2v) is 8.92. The number of amides is 2. The molecule has 0 radical (unpaired) electrons. The van der Waals surface area contributed by atoms with Gasteiger partial charge in [0.15, 0.2) is 5.69 Å². The molecule has 1 saturated heterocycles. The Hall–Kier alpha value is -3.30. The number of aryl methyl sites for hydroxylation is 1. The molecule has 3 heterocycles. The quantitative estimate of drug-likeness (QED) is 0.571. The lowest BCUT2D eigenvalue weighted by Crippen LogP contribution is -2.51. The Kier molecular flexibility index (Phi) is 6.05. The summed E-state index contributed by atoms with van der Waals surface area (Å²) in [5.74, 6) is -1.31. The molecule has 3 aromatic rings. The molecule has 34 heavy (non-hydrogen) atoms. The van der Waals surface area contributed by atoms with Crippen LogP contribution in [0.4, 0.5) is 4.39 Å². The fourth-order valence-corrected chi connectivity index (χ4v) is 4.43. The second-order valence-electron chi connectivity index (χ2n) is 8.49. The van der Waals surface area contributed by atoms with Crippen LogP contribution in [-0.2, 0) is 17.9 Å². The predicted octanol–water partition coefficient (Wildman–Crippen LogP) is 3.25. The van der Waals surface area contributed by atoms with Gasteiger partial charge in [-0.1, -0.05) is 46.6 Å². The zero-order chi connectivity index (χ0) is 23.8. The number of aromatic nitrogens is 3. The van der Waals surface area contributed by atoms with Crippen molar-refractivity contribution in [3.8, 4) is 0 Å². The van der Waals surface area contributed by atoms with E-state index in [-0.39, 0.29) is 43.0 Å². The fourth-order valence-electron chi connectivity index (χ4n) is 4.25. The summed E-state index contributed by atoms with van der Waals surface area (Å²) in [6.45, 7) is 3.94. The van der Waals surface area contributed by atoms with Crippen molar-refractivity contribution in [2.45, 2.75) is 26.2 Å². The highest BCUT2D eigenvalue weighted by Gasteiger charge is 2.32. The SMILES string of the molecule is Cc1ccc(C2Cn3nnc(C(=O)N4CCN(C(=O)c5cc(Cl)ccc5F)CC4)c3CO2)cc1. The molecule has 1 atom stereocenters. The van der Waals surface area contributed by atoms with Crippen LogP contribution in [0.1, 0.15) is 43.8 Å². The molecular weight excluding hydrogens is 461 g/mol. The monoisotopic (exact) mass is 483 g/mol. The smallest absolute Gasteiger partial charge is 0.276 e. The number of benzene rings is 2. The standard InChI is InChI=1S/C24H23ClFN5O3/c1-15-2-4-16(5-3-15)21-13-31-20(14-34-21)22(27-28-31)24(33)30-10-8-29(9-11-30)23(32)18-12-17(25)6-7-19(18)26/h2-7,12,21H,8-11,13-14H2,1H3. The van der Waals surface area contributed by atoms with Crippen LogP contribution >= 0.6 is 11.6 Å². The van der Waals surface area contributed by atoms with Gasteiger partial charge >= 0.3 is 0 Å². The van der Waals surface area contributed by atoms with Crippen molar-refractivity contribution >= 4 is 23.4 Å². The normalized spacial score (nSPS) is 18.0. The maximum atomic E-state index is 14.1. The summed E-state index contributed by atoms with van der Waals surface area (Å²) in [6, 6.07) is 12.0. The van der Waals surface area contributed by atoms with Gasteiger partial charge in [0.1, 0.15) is 11.9 Å². The van der Waals surface area contributed by atoms with Crippen LogP contribution in [0.2, 0.25) is 5.02 Å². The molecule has 0 bridgehead atoms. The molecule has 2 aromatic carbocycles. The molecule has 2 aliphatic rings. The van der Waals surface area contributed by atoms with Crippen molar-refractivity contribution in [2.24, 2.45) is 0 Å². The first-order valence-corrected chi connectivity index (χ1v) is 11.4. The number of fused-ring (bicyclic) bond motifs is 1. The molecule has 2 amide bonds. The van der Waals surface area contributed by atoms with Crippen molar-refractivity contribution in [2.75, 3.05) is 26.2 Å². The van der Waals surface area contributed by atoms with E-state index in [1.807, 2.05) is 31.2 Å². The summed E-state index contributed by atoms with van der Waals surface area (Å²) in [6.07, 6.45) is -0.154. The van der Waals surface area contributed by atoms with E-state index in [0.29, 0.717) is 30.4 Å². The van der Waals surface area contributed by atoms with Gasteiger partial charge in [0.2, 0.25) is 0 Å². The van der Waals surface area contributed by atoms with Gasteiger partial charge in [-0.2, -0.15) is 0 Å². The lowest BCUT2D eigenvalue weighted by molar-refractivity contribution is -0.00203. The molecule has 5 rings (SSSR count). The van der Waals surface area contributed by atoms with Gasteiger partial charge in [-0.15, -0.1) is 5.10 Å². The number of hydrogen-bond donors (Lipinski definition) is 0. The van der Waals surface area contributed by atoms with Gasteiger partial charge in [0, 0.05) is 31.2 Å². The summed E-state index contributed by atoms with van der Waals surface area (Å²) in [4.78, 5) is 29.0. The van der Waals surface area contributed by atoms with E-state index in [1.54, 1.807) is 9.58 Å². The number of carbonyl (C=O) groups excluding carboxylic acids is 2. The molecule has 0 N–H and O–H groups in total. The lowest BCUT2D eigenvalue weighted by Gasteiger charge is -2.34. The molecule has 10 heteroatoms. The molecule has 1 aromatic heterocycles. The van der Waals surface area contributed by atoms with Gasteiger partial charge < -0.3 is 14.5 Å². The molecule has 176 valence electrons. The van der Waals surface area contributed by atoms with E-state index in [4.69, 9.17) is 16.3 Å². The summed E-state index contributed by atoms with van der Waals surface area (Å²) in [5, 5.41) is 8.62. The number of carbonyl (C=O) groups is 2. The minimum Gasteiger partial charge on any atom is -0.365 e. The molecule has 1 fully saturated rings. The highest BCUT2D eigenvalue weighted by molar-refractivity contribution is 6.31. The number of nitrogens with zero attached hydrogens (tertiary/aromatic N) is 5. The zero-order valence-electron chi connectivity index (χ0n) is 18.6.